The molecule has 0 amide bonds. The van der Waals surface area contributed by atoms with E-state index in [2.05, 4.69) is 4.84 Å². The maximum Gasteiger partial charge on any atom is 0.492 e. The number of hydrogen-bond acceptors (Lipinski definition) is 3. The molecule has 0 fully saturated rings. The predicted octanol–water partition coefficient (Wildman–Crippen LogP) is 3.07. The molecule has 0 saturated carbocycles. The van der Waals surface area contributed by atoms with Crippen molar-refractivity contribution in [1.82, 2.24) is 5.06 Å². The zero-order chi connectivity index (χ0) is 15.6. The van der Waals surface area contributed by atoms with Gasteiger partial charge in [0.15, 0.2) is 0 Å². The topological polar surface area (TPSA) is 29.5 Å². The third kappa shape index (κ3) is 3.57. The fourth-order valence-corrected chi connectivity index (χ4v) is 1.93. The number of benzene rings is 1. The first-order valence-corrected chi connectivity index (χ1v) is 5.96. The largest absolute Gasteiger partial charge is 0.492 e. The van der Waals surface area contributed by atoms with Gasteiger partial charge >= 0.3 is 12.1 Å². The van der Waals surface area contributed by atoms with Crippen LogP contribution < -0.4 is 0 Å². The van der Waals surface area contributed by atoms with Gasteiger partial charge in [-0.1, -0.05) is 12.1 Å². The highest BCUT2D eigenvalue weighted by Crippen LogP contribution is 2.27. The van der Waals surface area contributed by atoms with E-state index in [1.807, 2.05) is 0 Å². The number of nitrogens with zero attached hydrogens (tertiary/aromatic N) is 1. The van der Waals surface area contributed by atoms with E-state index in [4.69, 9.17) is 0 Å². The van der Waals surface area contributed by atoms with Crippen LogP contribution in [0, 0.1) is 11.6 Å². The molecule has 1 aliphatic rings. The Bertz CT molecular complexity index is 562. The summed E-state index contributed by atoms with van der Waals surface area (Å²) in [5.74, 6) is -3.82. The SMILES string of the molecule is O=C(ON1CC=C(c2c(F)cccc2F)CC1)C(F)(F)F. The molecule has 0 unspecified atom stereocenters. The monoisotopic (exact) mass is 307 g/mol. The third-order valence-electron chi connectivity index (χ3n) is 2.90. The molecule has 2 rings (SSSR count). The van der Waals surface area contributed by atoms with Gasteiger partial charge in [-0.2, -0.15) is 13.2 Å². The molecule has 1 aromatic carbocycles. The fraction of sp³-hybridized carbons (Fsp3) is 0.308. The van der Waals surface area contributed by atoms with E-state index in [1.165, 1.54) is 12.1 Å². The van der Waals surface area contributed by atoms with Crippen LogP contribution in [0.4, 0.5) is 22.0 Å². The zero-order valence-corrected chi connectivity index (χ0v) is 10.6. The summed E-state index contributed by atoms with van der Waals surface area (Å²) >= 11 is 0. The molecule has 1 aromatic rings. The molecule has 0 atom stereocenters. The lowest BCUT2D eigenvalue weighted by molar-refractivity contribution is -0.237. The molecule has 0 aliphatic carbocycles. The van der Waals surface area contributed by atoms with Crippen LogP contribution in [0.15, 0.2) is 24.3 Å². The molecule has 114 valence electrons. The maximum atomic E-state index is 13.6. The summed E-state index contributed by atoms with van der Waals surface area (Å²) in [6.45, 7) is -0.258. The van der Waals surface area contributed by atoms with Crippen LogP contribution in [0.25, 0.3) is 5.57 Å². The molecular weight excluding hydrogens is 297 g/mol. The minimum atomic E-state index is -5.08. The summed E-state index contributed by atoms with van der Waals surface area (Å²) in [5, 5.41) is 0.790. The number of carbonyl (C=O) groups excluding carboxylic acids is 1. The lowest BCUT2D eigenvalue weighted by atomic mass is 9.99. The molecule has 0 aromatic heterocycles. The van der Waals surface area contributed by atoms with Gasteiger partial charge in [-0.05, 0) is 24.1 Å². The molecule has 21 heavy (non-hydrogen) atoms. The average molecular weight is 307 g/mol. The number of rotatable bonds is 2. The average Bonchev–Trinajstić information content (AvgIpc) is 2.39. The van der Waals surface area contributed by atoms with E-state index < -0.39 is 23.8 Å². The van der Waals surface area contributed by atoms with E-state index in [-0.39, 0.29) is 25.1 Å². The van der Waals surface area contributed by atoms with Crippen LogP contribution in [0.2, 0.25) is 0 Å². The van der Waals surface area contributed by atoms with Gasteiger partial charge in [0.25, 0.3) is 0 Å². The van der Waals surface area contributed by atoms with Crippen LogP contribution in [-0.4, -0.2) is 30.3 Å². The van der Waals surface area contributed by atoms with Crippen molar-refractivity contribution in [3.63, 3.8) is 0 Å². The first-order valence-electron chi connectivity index (χ1n) is 5.96. The lowest BCUT2D eigenvalue weighted by Gasteiger charge is -2.25. The van der Waals surface area contributed by atoms with E-state index in [0.29, 0.717) is 5.57 Å². The lowest BCUT2D eigenvalue weighted by Crippen LogP contribution is -2.37. The minimum absolute atomic E-state index is 0.0585. The van der Waals surface area contributed by atoms with Crippen LogP contribution in [-0.2, 0) is 9.63 Å². The van der Waals surface area contributed by atoms with Gasteiger partial charge in [-0.15, -0.1) is 5.06 Å². The van der Waals surface area contributed by atoms with E-state index >= 15 is 0 Å². The van der Waals surface area contributed by atoms with Crippen LogP contribution >= 0.6 is 0 Å². The Balaban J connectivity index is 2.08. The summed E-state index contributed by atoms with van der Waals surface area (Å²) in [5.41, 5.74) is 0.115. The van der Waals surface area contributed by atoms with Crippen LogP contribution in [0.5, 0.6) is 0 Å². The third-order valence-corrected chi connectivity index (χ3v) is 2.90. The number of hydroxylamine groups is 2. The van der Waals surface area contributed by atoms with Gasteiger partial charge in [-0.3, -0.25) is 0 Å². The Hall–Kier alpha value is -1.96. The summed E-state index contributed by atoms with van der Waals surface area (Å²) in [4.78, 5) is 14.8. The number of halogens is 5. The van der Waals surface area contributed by atoms with E-state index in [1.54, 1.807) is 0 Å². The van der Waals surface area contributed by atoms with Crippen molar-refractivity contribution >= 4 is 11.5 Å². The van der Waals surface area contributed by atoms with Gasteiger partial charge in [0.05, 0.1) is 6.54 Å². The molecule has 0 bridgehead atoms. The number of alkyl halides is 3. The normalized spacial score (nSPS) is 16.5. The van der Waals surface area contributed by atoms with E-state index in [0.717, 1.165) is 17.2 Å². The fourth-order valence-electron chi connectivity index (χ4n) is 1.93. The minimum Gasteiger partial charge on any atom is -0.360 e. The van der Waals surface area contributed by atoms with Crippen LogP contribution in [0.1, 0.15) is 12.0 Å². The molecule has 0 N–H and O–H groups in total. The second-order valence-corrected chi connectivity index (χ2v) is 4.34. The quantitative estimate of drug-likeness (QED) is 0.787. The molecule has 0 spiro atoms. The molecule has 1 aliphatic heterocycles. The van der Waals surface area contributed by atoms with Crippen LogP contribution in [0.3, 0.4) is 0 Å². The summed E-state index contributed by atoms with van der Waals surface area (Å²) in [6, 6.07) is 3.40. The predicted molar refractivity (Wildman–Crippen MR) is 62.7 cm³/mol. The second-order valence-electron chi connectivity index (χ2n) is 4.34. The van der Waals surface area contributed by atoms with Crippen molar-refractivity contribution in [3.05, 3.63) is 41.5 Å². The van der Waals surface area contributed by atoms with Crippen molar-refractivity contribution in [3.8, 4) is 0 Å². The van der Waals surface area contributed by atoms with Crippen molar-refractivity contribution in [2.75, 3.05) is 13.1 Å². The molecule has 8 heteroatoms. The Morgan fingerprint density at radius 3 is 2.29 bits per heavy atom. The van der Waals surface area contributed by atoms with E-state index in [9.17, 15) is 26.7 Å². The van der Waals surface area contributed by atoms with Crippen molar-refractivity contribution < 1.29 is 31.6 Å². The Kier molecular flexibility index (Phi) is 4.26. The second kappa shape index (κ2) is 5.80. The highest BCUT2D eigenvalue weighted by atomic mass is 19.4. The Labute approximate surface area is 116 Å². The zero-order valence-electron chi connectivity index (χ0n) is 10.6. The molecule has 0 radical (unpaired) electrons. The highest BCUT2D eigenvalue weighted by molar-refractivity contribution is 5.75. The number of carbonyl (C=O) groups is 1. The Morgan fingerprint density at radius 1 is 1.19 bits per heavy atom. The van der Waals surface area contributed by atoms with Gasteiger partial charge in [0.1, 0.15) is 11.6 Å². The van der Waals surface area contributed by atoms with Gasteiger partial charge in [-0.25, -0.2) is 13.6 Å². The van der Waals surface area contributed by atoms with Crippen molar-refractivity contribution in [2.24, 2.45) is 0 Å². The highest BCUT2D eigenvalue weighted by Gasteiger charge is 2.42. The first-order chi connectivity index (χ1) is 9.79. The molecule has 3 nitrogen and oxygen atoms in total. The maximum absolute atomic E-state index is 13.6. The number of hydrogen-bond donors (Lipinski definition) is 0. The summed E-state index contributed by atoms with van der Waals surface area (Å²) < 4.78 is 63.2. The van der Waals surface area contributed by atoms with Crippen molar-refractivity contribution in [1.29, 1.82) is 0 Å². The van der Waals surface area contributed by atoms with Crippen molar-refractivity contribution in [2.45, 2.75) is 12.6 Å². The summed E-state index contributed by atoms with van der Waals surface area (Å²) in [6.07, 6.45) is -3.70. The van der Waals surface area contributed by atoms with Gasteiger partial charge < -0.3 is 4.84 Å². The first kappa shape index (κ1) is 15.4. The standard InChI is InChI=1S/C13H10F5NO2/c14-9-2-1-3-10(15)11(9)8-4-6-19(7-5-8)21-12(20)13(16,17)18/h1-4H,5-7H2. The smallest absolute Gasteiger partial charge is 0.360 e. The molecule has 1 heterocycles. The summed E-state index contributed by atoms with van der Waals surface area (Å²) in [7, 11) is 0. The molecule has 0 saturated heterocycles. The van der Waals surface area contributed by atoms with Gasteiger partial charge in [0.2, 0.25) is 0 Å². The molecular formula is C13H10F5NO2. The Morgan fingerprint density at radius 2 is 1.81 bits per heavy atom. The van der Waals surface area contributed by atoms with Gasteiger partial charge in [0, 0.05) is 12.1 Å².